The Balaban J connectivity index is 2.18. The van der Waals surface area contributed by atoms with E-state index < -0.39 is 28.0 Å². The first-order valence-electron chi connectivity index (χ1n) is 7.70. The van der Waals surface area contributed by atoms with E-state index in [1.54, 1.807) is 12.1 Å². The Morgan fingerprint density at radius 3 is 2.67 bits per heavy atom. The van der Waals surface area contributed by atoms with Crippen molar-refractivity contribution in [1.82, 2.24) is 9.21 Å². The summed E-state index contributed by atoms with van der Waals surface area (Å²) in [4.78, 5) is 25.8. The van der Waals surface area contributed by atoms with Crippen molar-refractivity contribution in [2.75, 3.05) is 20.1 Å². The van der Waals surface area contributed by atoms with Gasteiger partial charge in [-0.25, -0.2) is 8.42 Å². The molecule has 2 atom stereocenters. The lowest BCUT2D eigenvalue weighted by molar-refractivity contribution is -0.143. The molecule has 2 unspecified atom stereocenters. The van der Waals surface area contributed by atoms with E-state index >= 15 is 0 Å². The molecule has 0 bridgehead atoms. The van der Waals surface area contributed by atoms with E-state index in [1.165, 1.54) is 34.5 Å². The molecule has 1 saturated heterocycles. The van der Waals surface area contributed by atoms with Gasteiger partial charge in [0.1, 0.15) is 10.3 Å². The molecule has 1 N–H and O–H groups in total. The quantitative estimate of drug-likeness (QED) is 0.812. The number of amides is 1. The molecular weight excluding hydrogens is 352 g/mol. The highest BCUT2D eigenvalue weighted by Crippen LogP contribution is 2.30. The number of carboxylic acids is 1. The van der Waals surface area contributed by atoms with Gasteiger partial charge in [-0.1, -0.05) is 6.92 Å². The molecule has 7 nitrogen and oxygen atoms in total. The molecule has 1 aromatic heterocycles. The third-order valence-corrected chi connectivity index (χ3v) is 7.49. The van der Waals surface area contributed by atoms with Crippen LogP contribution in [0.3, 0.4) is 0 Å². The number of sulfonamides is 1. The first-order chi connectivity index (χ1) is 11.1. The Morgan fingerprint density at radius 2 is 2.12 bits per heavy atom. The van der Waals surface area contributed by atoms with Crippen LogP contribution in [-0.2, 0) is 19.6 Å². The Morgan fingerprint density at radius 1 is 1.46 bits per heavy atom. The van der Waals surface area contributed by atoms with Crippen molar-refractivity contribution in [2.24, 2.45) is 5.92 Å². The van der Waals surface area contributed by atoms with Gasteiger partial charge in [-0.05, 0) is 31.9 Å². The van der Waals surface area contributed by atoms with Crippen molar-refractivity contribution in [3.63, 3.8) is 0 Å². The van der Waals surface area contributed by atoms with Crippen molar-refractivity contribution in [3.05, 3.63) is 17.0 Å². The molecule has 2 heterocycles. The number of carbonyl (C=O) groups is 2. The molecule has 2 rings (SSSR count). The van der Waals surface area contributed by atoms with E-state index in [0.717, 1.165) is 4.88 Å². The third-order valence-electron chi connectivity index (χ3n) is 4.11. The fourth-order valence-corrected chi connectivity index (χ4v) is 5.84. The number of carbonyl (C=O) groups excluding carboxylic acids is 1. The lowest BCUT2D eigenvalue weighted by Gasteiger charge is -2.28. The minimum absolute atomic E-state index is 0.0522. The summed E-state index contributed by atoms with van der Waals surface area (Å²) in [6.45, 7) is 3.70. The molecule has 9 heteroatoms. The van der Waals surface area contributed by atoms with Gasteiger partial charge in [0.05, 0.1) is 5.92 Å². The van der Waals surface area contributed by atoms with Crippen LogP contribution in [0.1, 0.15) is 24.6 Å². The minimum Gasteiger partial charge on any atom is -0.481 e. The van der Waals surface area contributed by atoms with Crippen LogP contribution in [0.5, 0.6) is 0 Å². The fraction of sp³-hybridized carbons (Fsp3) is 0.600. The predicted molar refractivity (Wildman–Crippen MR) is 90.4 cm³/mol. The molecular formula is C15H22N2O5S2. The summed E-state index contributed by atoms with van der Waals surface area (Å²) >= 11 is 1.19. The van der Waals surface area contributed by atoms with E-state index in [4.69, 9.17) is 5.11 Å². The van der Waals surface area contributed by atoms with Gasteiger partial charge in [0.15, 0.2) is 0 Å². The van der Waals surface area contributed by atoms with Gasteiger partial charge in [0, 0.05) is 25.0 Å². The van der Waals surface area contributed by atoms with Crippen molar-refractivity contribution in [1.29, 1.82) is 0 Å². The number of nitrogens with zero attached hydrogens (tertiary/aromatic N) is 2. The second-order valence-corrected chi connectivity index (χ2v) is 9.50. The van der Waals surface area contributed by atoms with Gasteiger partial charge >= 0.3 is 5.97 Å². The molecule has 1 aliphatic rings. The Hall–Kier alpha value is -1.45. The standard InChI is InChI=1S/C15H22N2O5S2/c1-10(15(19)20)9-16(3)14(18)12-5-4-8-17(12)24(21,22)13-7-6-11(2)23-13/h6-7,10,12H,4-5,8-9H2,1-3H3,(H,19,20). The average Bonchev–Trinajstić information content (AvgIpc) is 3.15. The van der Waals surface area contributed by atoms with Crippen LogP contribution in [0.25, 0.3) is 0 Å². The summed E-state index contributed by atoms with van der Waals surface area (Å²) in [5, 5.41) is 8.97. The molecule has 0 aliphatic carbocycles. The number of aliphatic carboxylic acids is 1. The molecule has 1 amide bonds. The zero-order valence-corrected chi connectivity index (χ0v) is 15.6. The number of aryl methyl sites for hydroxylation is 1. The molecule has 0 spiro atoms. The van der Waals surface area contributed by atoms with Crippen molar-refractivity contribution >= 4 is 33.2 Å². The van der Waals surface area contributed by atoms with Crippen LogP contribution < -0.4 is 0 Å². The number of carboxylic acid groups (broad SMARTS) is 1. The maximum absolute atomic E-state index is 12.8. The highest BCUT2D eigenvalue weighted by Gasteiger charge is 2.41. The molecule has 1 aromatic rings. The number of hydrogen-bond donors (Lipinski definition) is 1. The lowest BCUT2D eigenvalue weighted by atomic mass is 10.1. The summed E-state index contributed by atoms with van der Waals surface area (Å²) in [5.41, 5.74) is 0. The number of likely N-dealkylation sites (N-methyl/N-ethyl adjacent to an activating group) is 1. The smallest absolute Gasteiger partial charge is 0.308 e. The van der Waals surface area contributed by atoms with Crippen molar-refractivity contribution in [3.8, 4) is 0 Å². The van der Waals surface area contributed by atoms with Gasteiger partial charge < -0.3 is 10.0 Å². The van der Waals surface area contributed by atoms with Crippen LogP contribution in [0.4, 0.5) is 0 Å². The third kappa shape index (κ3) is 3.79. The van der Waals surface area contributed by atoms with Crippen LogP contribution in [0.15, 0.2) is 16.3 Å². The summed E-state index contributed by atoms with van der Waals surface area (Å²) in [6, 6.07) is 2.54. The highest BCUT2D eigenvalue weighted by molar-refractivity contribution is 7.91. The monoisotopic (exact) mass is 374 g/mol. The van der Waals surface area contributed by atoms with E-state index in [9.17, 15) is 18.0 Å². The second-order valence-electron chi connectivity index (χ2n) is 6.10. The molecule has 0 saturated carbocycles. The molecule has 0 radical (unpaired) electrons. The van der Waals surface area contributed by atoms with E-state index in [1.807, 2.05) is 6.92 Å². The largest absolute Gasteiger partial charge is 0.481 e. The lowest BCUT2D eigenvalue weighted by Crippen LogP contribution is -2.47. The van der Waals surface area contributed by atoms with E-state index in [-0.39, 0.29) is 16.7 Å². The second kappa shape index (κ2) is 7.20. The first-order valence-corrected chi connectivity index (χ1v) is 9.96. The highest BCUT2D eigenvalue weighted by atomic mass is 32.2. The molecule has 0 aromatic carbocycles. The van der Waals surface area contributed by atoms with Crippen molar-refractivity contribution < 1.29 is 23.1 Å². The summed E-state index contributed by atoms with van der Waals surface area (Å²) in [6.07, 6.45) is 1.07. The van der Waals surface area contributed by atoms with E-state index in [2.05, 4.69) is 0 Å². The van der Waals surface area contributed by atoms with Crippen LogP contribution >= 0.6 is 11.3 Å². The van der Waals surface area contributed by atoms with E-state index in [0.29, 0.717) is 19.4 Å². The van der Waals surface area contributed by atoms with Gasteiger partial charge in [0.25, 0.3) is 10.0 Å². The molecule has 134 valence electrons. The van der Waals surface area contributed by atoms with Crippen molar-refractivity contribution in [2.45, 2.75) is 36.9 Å². The maximum atomic E-state index is 12.8. The fourth-order valence-electron chi connectivity index (χ4n) is 2.77. The Labute approximate surface area is 145 Å². The zero-order valence-electron chi connectivity index (χ0n) is 13.9. The molecule has 1 aliphatic heterocycles. The number of rotatable bonds is 6. The number of thiophene rings is 1. The average molecular weight is 374 g/mol. The van der Waals surface area contributed by atoms with Gasteiger partial charge in [-0.15, -0.1) is 11.3 Å². The predicted octanol–water partition coefficient (Wildman–Crippen LogP) is 1.39. The Kier molecular flexibility index (Phi) is 5.67. The topological polar surface area (TPSA) is 95.0 Å². The van der Waals surface area contributed by atoms with Crippen LogP contribution in [-0.4, -0.2) is 60.8 Å². The Bertz CT molecular complexity index is 728. The first kappa shape index (κ1) is 18.9. The van der Waals surface area contributed by atoms with Crippen LogP contribution in [0, 0.1) is 12.8 Å². The SMILES string of the molecule is Cc1ccc(S(=O)(=O)N2CCCC2C(=O)N(C)CC(C)C(=O)O)s1. The summed E-state index contributed by atoms with van der Waals surface area (Å²) < 4.78 is 27.1. The maximum Gasteiger partial charge on any atom is 0.308 e. The normalized spacial score (nSPS) is 20.0. The summed E-state index contributed by atoms with van der Waals surface area (Å²) in [7, 11) is -2.19. The van der Waals surface area contributed by atoms with Crippen LogP contribution in [0.2, 0.25) is 0 Å². The molecule has 24 heavy (non-hydrogen) atoms. The minimum atomic E-state index is -3.70. The summed E-state index contributed by atoms with van der Waals surface area (Å²) in [5.74, 6) is -2.04. The number of hydrogen-bond acceptors (Lipinski definition) is 5. The van der Waals surface area contributed by atoms with Gasteiger partial charge in [0.2, 0.25) is 5.91 Å². The van der Waals surface area contributed by atoms with Gasteiger partial charge in [-0.3, -0.25) is 9.59 Å². The zero-order chi connectivity index (χ0) is 18.1. The molecule has 1 fully saturated rings. The van der Waals surface area contributed by atoms with Gasteiger partial charge in [-0.2, -0.15) is 4.31 Å².